The van der Waals surface area contributed by atoms with E-state index in [0.29, 0.717) is 25.5 Å². The van der Waals surface area contributed by atoms with Crippen LogP contribution in [0.25, 0.3) is 0 Å². The molecule has 0 saturated carbocycles. The van der Waals surface area contributed by atoms with Crippen LogP contribution in [0.3, 0.4) is 0 Å². The van der Waals surface area contributed by atoms with Crippen LogP contribution in [-0.4, -0.2) is 30.8 Å². The quantitative estimate of drug-likeness (QED) is 0.321. The Morgan fingerprint density at radius 3 is 3.05 bits per heavy atom. The Morgan fingerprint density at radius 1 is 1.47 bits per heavy atom. The Labute approximate surface area is 130 Å². The molecule has 1 aromatic carbocycles. The predicted octanol–water partition coefficient (Wildman–Crippen LogP) is 1.41. The van der Waals surface area contributed by atoms with Gasteiger partial charge in [0.05, 0.1) is 12.6 Å². The van der Waals surface area contributed by atoms with Crippen LogP contribution in [-0.2, 0) is 0 Å². The number of aliphatic hydroxyl groups excluding tert-OH is 1. The van der Waals surface area contributed by atoms with Crippen molar-refractivity contribution in [3.05, 3.63) is 29.8 Å². The first-order valence-corrected chi connectivity index (χ1v) is 6.20. The maximum Gasteiger partial charge on any atom is 0.189 e. The van der Waals surface area contributed by atoms with E-state index >= 15 is 0 Å². The van der Waals surface area contributed by atoms with Gasteiger partial charge < -0.3 is 20.9 Å². The van der Waals surface area contributed by atoms with E-state index in [1.54, 1.807) is 0 Å². The van der Waals surface area contributed by atoms with Crippen molar-refractivity contribution >= 4 is 29.9 Å². The average Bonchev–Trinajstić information content (AvgIpc) is 2.39. The third-order valence-corrected chi connectivity index (χ3v) is 2.88. The maximum absolute atomic E-state index is 8.68. The van der Waals surface area contributed by atoms with Crippen LogP contribution in [0, 0.1) is 0 Å². The molecule has 2 rings (SSSR count). The molecule has 1 heterocycles. The standard InChI is InChI=1S/C13H19N3O2.HI/c14-13(15-7-3-8-17)16-11-6-9-18-12-5-2-1-4-10(11)12;/h1-2,4-5,11,17H,3,6-9H2,(H3,14,15,16);1H. The highest BCUT2D eigenvalue weighted by Gasteiger charge is 2.20. The lowest BCUT2D eigenvalue weighted by molar-refractivity contribution is 0.262. The molecule has 19 heavy (non-hydrogen) atoms. The summed E-state index contributed by atoms with van der Waals surface area (Å²) in [5.41, 5.74) is 6.93. The lowest BCUT2D eigenvalue weighted by Crippen LogP contribution is -2.37. The van der Waals surface area contributed by atoms with Crippen LogP contribution in [0.2, 0.25) is 0 Å². The largest absolute Gasteiger partial charge is 0.493 e. The molecule has 0 radical (unpaired) electrons. The molecular formula is C13H20IN3O2. The van der Waals surface area contributed by atoms with Crippen molar-refractivity contribution in [3.8, 4) is 5.75 Å². The second kappa shape index (κ2) is 8.21. The first-order valence-electron chi connectivity index (χ1n) is 6.20. The van der Waals surface area contributed by atoms with Crippen molar-refractivity contribution in [2.75, 3.05) is 19.8 Å². The van der Waals surface area contributed by atoms with E-state index < -0.39 is 0 Å². The number of nitrogens with two attached hydrogens (primary N) is 1. The van der Waals surface area contributed by atoms with Crippen LogP contribution in [0.5, 0.6) is 5.75 Å². The minimum absolute atomic E-state index is 0. The van der Waals surface area contributed by atoms with Gasteiger partial charge in [-0.1, -0.05) is 18.2 Å². The minimum Gasteiger partial charge on any atom is -0.493 e. The molecule has 1 atom stereocenters. The SMILES string of the molecule is I.NC(=NCCCO)NC1CCOc2ccccc21. The first kappa shape index (κ1) is 16.0. The smallest absolute Gasteiger partial charge is 0.189 e. The number of para-hydroxylation sites is 1. The molecule has 0 aromatic heterocycles. The van der Waals surface area contributed by atoms with Gasteiger partial charge in [0.15, 0.2) is 5.96 Å². The van der Waals surface area contributed by atoms with E-state index in [9.17, 15) is 0 Å². The van der Waals surface area contributed by atoms with Gasteiger partial charge in [0.25, 0.3) is 0 Å². The minimum atomic E-state index is 0. The molecule has 1 unspecified atom stereocenters. The number of hydrogen-bond acceptors (Lipinski definition) is 3. The number of aliphatic imine (C=N–C) groups is 1. The lowest BCUT2D eigenvalue weighted by atomic mass is 10.0. The Kier molecular flexibility index (Phi) is 6.93. The number of hydrogen-bond donors (Lipinski definition) is 3. The summed E-state index contributed by atoms with van der Waals surface area (Å²) in [6.07, 6.45) is 1.50. The van der Waals surface area contributed by atoms with Crippen molar-refractivity contribution in [2.45, 2.75) is 18.9 Å². The number of halogens is 1. The third kappa shape index (κ3) is 4.54. The third-order valence-electron chi connectivity index (χ3n) is 2.88. The summed E-state index contributed by atoms with van der Waals surface area (Å²) >= 11 is 0. The number of nitrogens with one attached hydrogen (secondary N) is 1. The van der Waals surface area contributed by atoms with Crippen LogP contribution in [0.1, 0.15) is 24.4 Å². The molecule has 1 aliphatic heterocycles. The molecule has 0 spiro atoms. The van der Waals surface area contributed by atoms with Crippen molar-refractivity contribution in [2.24, 2.45) is 10.7 Å². The van der Waals surface area contributed by atoms with Gasteiger partial charge >= 0.3 is 0 Å². The Balaban J connectivity index is 0.00000180. The maximum atomic E-state index is 8.68. The highest BCUT2D eigenvalue weighted by molar-refractivity contribution is 14.0. The fraction of sp³-hybridized carbons (Fsp3) is 0.462. The molecule has 0 aliphatic carbocycles. The molecule has 1 aromatic rings. The topological polar surface area (TPSA) is 79.9 Å². The van der Waals surface area contributed by atoms with Gasteiger partial charge in [-0.3, -0.25) is 4.99 Å². The predicted molar refractivity (Wildman–Crippen MR) is 86.0 cm³/mol. The molecule has 5 nitrogen and oxygen atoms in total. The number of nitrogens with zero attached hydrogens (tertiary/aromatic N) is 1. The summed E-state index contributed by atoms with van der Waals surface area (Å²) in [6.45, 7) is 1.36. The van der Waals surface area contributed by atoms with E-state index in [1.807, 2.05) is 24.3 Å². The van der Waals surface area contributed by atoms with Gasteiger partial charge in [-0.05, 0) is 12.5 Å². The van der Waals surface area contributed by atoms with Gasteiger partial charge in [-0.15, -0.1) is 24.0 Å². The molecule has 1 aliphatic rings. The highest BCUT2D eigenvalue weighted by atomic mass is 127. The molecular weight excluding hydrogens is 357 g/mol. The van der Waals surface area contributed by atoms with E-state index in [2.05, 4.69) is 10.3 Å². The number of fused-ring (bicyclic) bond motifs is 1. The zero-order chi connectivity index (χ0) is 12.8. The van der Waals surface area contributed by atoms with Gasteiger partial charge in [-0.25, -0.2) is 0 Å². The van der Waals surface area contributed by atoms with E-state index in [4.69, 9.17) is 15.6 Å². The van der Waals surface area contributed by atoms with Gasteiger partial charge in [0.2, 0.25) is 0 Å². The summed E-state index contributed by atoms with van der Waals surface area (Å²) in [5.74, 6) is 1.33. The van der Waals surface area contributed by atoms with E-state index in [0.717, 1.165) is 17.7 Å². The second-order valence-electron chi connectivity index (χ2n) is 4.22. The van der Waals surface area contributed by atoms with Gasteiger partial charge in [0, 0.05) is 25.1 Å². The number of aliphatic hydroxyl groups is 1. The van der Waals surface area contributed by atoms with Crippen molar-refractivity contribution < 1.29 is 9.84 Å². The summed E-state index contributed by atoms with van der Waals surface area (Å²) in [4.78, 5) is 4.16. The Morgan fingerprint density at radius 2 is 2.26 bits per heavy atom. The zero-order valence-corrected chi connectivity index (χ0v) is 13.0. The molecule has 0 amide bonds. The van der Waals surface area contributed by atoms with Crippen LogP contribution in [0.15, 0.2) is 29.3 Å². The summed E-state index contributed by atoms with van der Waals surface area (Å²) in [7, 11) is 0. The zero-order valence-electron chi connectivity index (χ0n) is 10.7. The molecule has 0 bridgehead atoms. The van der Waals surface area contributed by atoms with E-state index in [1.165, 1.54) is 0 Å². The summed E-state index contributed by atoms with van der Waals surface area (Å²) in [6, 6.07) is 8.09. The number of rotatable bonds is 4. The fourth-order valence-electron chi connectivity index (χ4n) is 1.99. The fourth-order valence-corrected chi connectivity index (χ4v) is 1.99. The lowest BCUT2D eigenvalue weighted by Gasteiger charge is -2.26. The summed E-state index contributed by atoms with van der Waals surface area (Å²) < 4.78 is 5.58. The van der Waals surface area contributed by atoms with Gasteiger partial charge in [0.1, 0.15) is 5.75 Å². The molecule has 4 N–H and O–H groups in total. The molecule has 0 saturated heterocycles. The van der Waals surface area contributed by atoms with Crippen molar-refractivity contribution in [3.63, 3.8) is 0 Å². The van der Waals surface area contributed by atoms with Crippen molar-refractivity contribution in [1.82, 2.24) is 5.32 Å². The normalized spacial score (nSPS) is 17.9. The first-order chi connectivity index (χ1) is 8.81. The van der Waals surface area contributed by atoms with Crippen LogP contribution < -0.4 is 15.8 Å². The van der Waals surface area contributed by atoms with E-state index in [-0.39, 0.29) is 36.6 Å². The Bertz CT molecular complexity index is 426. The highest BCUT2D eigenvalue weighted by Crippen LogP contribution is 2.31. The van der Waals surface area contributed by atoms with Gasteiger partial charge in [-0.2, -0.15) is 0 Å². The molecule has 0 fully saturated rings. The number of ether oxygens (including phenoxy) is 1. The van der Waals surface area contributed by atoms with Crippen molar-refractivity contribution in [1.29, 1.82) is 0 Å². The monoisotopic (exact) mass is 377 g/mol. The number of guanidine groups is 1. The molecule has 6 heteroatoms. The average molecular weight is 377 g/mol. The number of benzene rings is 1. The molecule has 106 valence electrons. The van der Waals surface area contributed by atoms with Crippen LogP contribution in [0.4, 0.5) is 0 Å². The summed E-state index contributed by atoms with van der Waals surface area (Å²) in [5, 5.41) is 11.9. The Hall–Kier alpha value is -1.02. The van der Waals surface area contributed by atoms with Crippen LogP contribution >= 0.6 is 24.0 Å². The second-order valence-corrected chi connectivity index (χ2v) is 4.22.